The fourth-order valence-corrected chi connectivity index (χ4v) is 3.10. The van der Waals surface area contributed by atoms with Crippen LogP contribution in [0.15, 0.2) is 24.3 Å². The minimum Gasteiger partial charge on any atom is -0.317 e. The number of rotatable bonds is 7. The standard InChI is InChI=1S/C16H25N3O2/c1-2-12-18(15-7-10-17-11-8-15)13-9-14-5-3-4-6-16(14)19(20)21/h3-6,15,17H,2,7-13H2,1H3. The number of nitrogens with one attached hydrogen (secondary N) is 1. The van der Waals surface area contributed by atoms with Gasteiger partial charge in [-0.25, -0.2) is 0 Å². The molecule has 0 spiro atoms. The van der Waals surface area contributed by atoms with E-state index in [0.717, 1.165) is 44.6 Å². The fourth-order valence-electron chi connectivity index (χ4n) is 3.10. The highest BCUT2D eigenvalue weighted by molar-refractivity contribution is 5.39. The van der Waals surface area contributed by atoms with Crippen molar-refractivity contribution >= 4 is 5.69 Å². The number of hydrogen-bond donors (Lipinski definition) is 1. The van der Waals surface area contributed by atoms with Gasteiger partial charge in [0.15, 0.2) is 0 Å². The van der Waals surface area contributed by atoms with E-state index in [-0.39, 0.29) is 10.6 Å². The average molecular weight is 291 g/mol. The third-order valence-electron chi connectivity index (χ3n) is 4.19. The predicted molar refractivity (Wildman–Crippen MR) is 84.6 cm³/mol. The number of nitro benzene ring substituents is 1. The second-order valence-electron chi connectivity index (χ2n) is 5.65. The summed E-state index contributed by atoms with van der Waals surface area (Å²) in [5.74, 6) is 0. The molecule has 1 fully saturated rings. The first-order valence-corrected chi connectivity index (χ1v) is 7.89. The van der Waals surface area contributed by atoms with Crippen molar-refractivity contribution in [1.29, 1.82) is 0 Å². The number of para-hydroxylation sites is 1. The monoisotopic (exact) mass is 291 g/mol. The molecule has 1 heterocycles. The molecule has 0 bridgehead atoms. The maximum atomic E-state index is 11.1. The van der Waals surface area contributed by atoms with Crippen LogP contribution in [0.4, 0.5) is 5.69 Å². The van der Waals surface area contributed by atoms with Crippen molar-refractivity contribution in [2.75, 3.05) is 26.2 Å². The fraction of sp³-hybridized carbons (Fsp3) is 0.625. The van der Waals surface area contributed by atoms with Crippen LogP contribution in [-0.2, 0) is 6.42 Å². The maximum absolute atomic E-state index is 11.1. The van der Waals surface area contributed by atoms with Crippen LogP contribution >= 0.6 is 0 Å². The Balaban J connectivity index is 1.99. The zero-order valence-corrected chi connectivity index (χ0v) is 12.8. The van der Waals surface area contributed by atoms with Crippen molar-refractivity contribution in [2.24, 2.45) is 0 Å². The Kier molecular flexibility index (Phi) is 6.14. The molecule has 1 saturated heterocycles. The Morgan fingerprint density at radius 2 is 2.00 bits per heavy atom. The van der Waals surface area contributed by atoms with E-state index in [0.29, 0.717) is 6.04 Å². The lowest BCUT2D eigenvalue weighted by Crippen LogP contribution is -2.44. The Morgan fingerprint density at radius 3 is 2.67 bits per heavy atom. The molecular weight excluding hydrogens is 266 g/mol. The van der Waals surface area contributed by atoms with Gasteiger partial charge in [0.2, 0.25) is 0 Å². The normalized spacial score (nSPS) is 16.3. The molecule has 1 aromatic rings. The van der Waals surface area contributed by atoms with Crippen LogP contribution in [-0.4, -0.2) is 42.0 Å². The van der Waals surface area contributed by atoms with E-state index < -0.39 is 0 Å². The van der Waals surface area contributed by atoms with E-state index >= 15 is 0 Å². The summed E-state index contributed by atoms with van der Waals surface area (Å²) in [4.78, 5) is 13.3. The van der Waals surface area contributed by atoms with Gasteiger partial charge in [0, 0.05) is 24.2 Å². The van der Waals surface area contributed by atoms with Gasteiger partial charge >= 0.3 is 0 Å². The molecule has 5 nitrogen and oxygen atoms in total. The Bertz CT molecular complexity index is 459. The zero-order valence-electron chi connectivity index (χ0n) is 12.8. The first-order chi connectivity index (χ1) is 10.2. The topological polar surface area (TPSA) is 58.4 Å². The van der Waals surface area contributed by atoms with Crippen LogP contribution in [0.1, 0.15) is 31.7 Å². The summed E-state index contributed by atoms with van der Waals surface area (Å²) in [5.41, 5.74) is 1.09. The van der Waals surface area contributed by atoms with Crippen molar-refractivity contribution in [3.05, 3.63) is 39.9 Å². The average Bonchev–Trinajstić information content (AvgIpc) is 2.52. The van der Waals surface area contributed by atoms with Crippen molar-refractivity contribution < 1.29 is 4.92 Å². The maximum Gasteiger partial charge on any atom is 0.272 e. The van der Waals surface area contributed by atoms with Crippen molar-refractivity contribution in [2.45, 2.75) is 38.6 Å². The first kappa shape index (κ1) is 15.9. The smallest absolute Gasteiger partial charge is 0.272 e. The summed E-state index contributed by atoms with van der Waals surface area (Å²) in [6, 6.07) is 7.72. The zero-order chi connectivity index (χ0) is 15.1. The second kappa shape index (κ2) is 8.10. The number of benzene rings is 1. The molecule has 0 aliphatic carbocycles. The molecule has 0 aromatic heterocycles. The van der Waals surface area contributed by atoms with Gasteiger partial charge in [-0.1, -0.05) is 25.1 Å². The van der Waals surface area contributed by atoms with Gasteiger partial charge in [0.05, 0.1) is 4.92 Å². The third kappa shape index (κ3) is 4.51. The van der Waals surface area contributed by atoms with E-state index in [1.54, 1.807) is 12.1 Å². The molecule has 116 valence electrons. The van der Waals surface area contributed by atoms with Gasteiger partial charge in [-0.3, -0.25) is 15.0 Å². The van der Waals surface area contributed by atoms with Crippen LogP contribution < -0.4 is 5.32 Å². The van der Waals surface area contributed by atoms with Gasteiger partial charge in [-0.15, -0.1) is 0 Å². The first-order valence-electron chi connectivity index (χ1n) is 7.89. The second-order valence-corrected chi connectivity index (χ2v) is 5.65. The van der Waals surface area contributed by atoms with Crippen LogP contribution in [0.5, 0.6) is 0 Å². The molecule has 0 amide bonds. The molecule has 0 unspecified atom stereocenters. The summed E-state index contributed by atoms with van der Waals surface area (Å²) in [5, 5.41) is 14.5. The Morgan fingerprint density at radius 1 is 1.29 bits per heavy atom. The van der Waals surface area contributed by atoms with Crippen LogP contribution in [0.25, 0.3) is 0 Å². The van der Waals surface area contributed by atoms with Crippen LogP contribution in [0, 0.1) is 10.1 Å². The molecule has 5 heteroatoms. The number of hydrogen-bond acceptors (Lipinski definition) is 4. The van der Waals surface area contributed by atoms with Crippen LogP contribution in [0.2, 0.25) is 0 Å². The van der Waals surface area contributed by atoms with Gasteiger partial charge in [-0.05, 0) is 45.3 Å². The highest BCUT2D eigenvalue weighted by atomic mass is 16.6. The van der Waals surface area contributed by atoms with E-state index in [9.17, 15) is 10.1 Å². The summed E-state index contributed by atoms with van der Waals surface area (Å²) in [7, 11) is 0. The summed E-state index contributed by atoms with van der Waals surface area (Å²) < 4.78 is 0. The van der Waals surface area contributed by atoms with E-state index in [1.165, 1.54) is 12.8 Å². The SMILES string of the molecule is CCCN(CCc1ccccc1[N+](=O)[O-])C1CCNCC1. The van der Waals surface area contributed by atoms with Gasteiger partial charge < -0.3 is 5.32 Å². The summed E-state index contributed by atoms with van der Waals surface area (Å²) in [6.07, 6.45) is 4.23. The van der Waals surface area contributed by atoms with E-state index in [2.05, 4.69) is 17.1 Å². The van der Waals surface area contributed by atoms with Crippen LogP contribution in [0.3, 0.4) is 0 Å². The molecule has 0 atom stereocenters. The van der Waals surface area contributed by atoms with Gasteiger partial charge in [-0.2, -0.15) is 0 Å². The molecule has 0 saturated carbocycles. The van der Waals surface area contributed by atoms with Crippen molar-refractivity contribution in [1.82, 2.24) is 10.2 Å². The highest BCUT2D eigenvalue weighted by Crippen LogP contribution is 2.20. The third-order valence-corrected chi connectivity index (χ3v) is 4.19. The quantitative estimate of drug-likeness (QED) is 0.619. The number of nitrogens with zero attached hydrogens (tertiary/aromatic N) is 2. The number of piperidine rings is 1. The largest absolute Gasteiger partial charge is 0.317 e. The minimum atomic E-state index is -0.274. The molecular formula is C16H25N3O2. The molecule has 1 aliphatic rings. The molecule has 2 rings (SSSR count). The molecule has 1 aliphatic heterocycles. The molecule has 1 N–H and O–H groups in total. The lowest BCUT2D eigenvalue weighted by molar-refractivity contribution is -0.385. The lowest BCUT2D eigenvalue weighted by atomic mass is 10.0. The molecule has 0 radical (unpaired) electrons. The minimum absolute atomic E-state index is 0.249. The lowest BCUT2D eigenvalue weighted by Gasteiger charge is -2.34. The predicted octanol–water partition coefficient (Wildman–Crippen LogP) is 2.60. The molecule has 1 aromatic carbocycles. The van der Waals surface area contributed by atoms with Gasteiger partial charge in [0.1, 0.15) is 0 Å². The number of nitro groups is 1. The highest BCUT2D eigenvalue weighted by Gasteiger charge is 2.21. The summed E-state index contributed by atoms with van der Waals surface area (Å²) >= 11 is 0. The summed E-state index contributed by atoms with van der Waals surface area (Å²) in [6.45, 7) is 6.33. The van der Waals surface area contributed by atoms with E-state index in [4.69, 9.17) is 0 Å². The molecule has 21 heavy (non-hydrogen) atoms. The Labute approximate surface area is 126 Å². The van der Waals surface area contributed by atoms with Crippen molar-refractivity contribution in [3.8, 4) is 0 Å². The van der Waals surface area contributed by atoms with Gasteiger partial charge in [0.25, 0.3) is 5.69 Å². The van der Waals surface area contributed by atoms with E-state index in [1.807, 2.05) is 12.1 Å². The Hall–Kier alpha value is -1.46. The van der Waals surface area contributed by atoms with Crippen molar-refractivity contribution in [3.63, 3.8) is 0 Å².